The van der Waals surface area contributed by atoms with E-state index in [-0.39, 0.29) is 6.10 Å². The summed E-state index contributed by atoms with van der Waals surface area (Å²) in [6.45, 7) is 3.23. The summed E-state index contributed by atoms with van der Waals surface area (Å²) in [6, 6.07) is 0. The van der Waals surface area contributed by atoms with Crippen molar-refractivity contribution in [3.05, 3.63) is 0 Å². The van der Waals surface area contributed by atoms with E-state index in [0.29, 0.717) is 17.9 Å². The number of unbranched alkanes of at least 4 members (excludes halogenated alkanes) is 9. The van der Waals surface area contributed by atoms with E-state index < -0.39 is 0 Å². The van der Waals surface area contributed by atoms with Crippen LogP contribution in [0.2, 0.25) is 0 Å². The molecular weight excluding hydrogens is 272 g/mol. The molecule has 0 aromatic rings. The zero-order valence-electron chi connectivity index (χ0n) is 14.8. The van der Waals surface area contributed by atoms with Crippen molar-refractivity contribution < 1.29 is 9.84 Å². The van der Waals surface area contributed by atoms with Crippen LogP contribution < -0.4 is 0 Å². The number of rotatable bonds is 12. The first-order valence-electron chi connectivity index (χ1n) is 10.1. The Morgan fingerprint density at radius 2 is 1.36 bits per heavy atom. The second kappa shape index (κ2) is 10.6. The molecule has 2 heteroatoms. The third-order valence-electron chi connectivity index (χ3n) is 5.89. The molecule has 4 unspecified atom stereocenters. The average molecular weight is 311 g/mol. The molecule has 1 N–H and O–H groups in total. The van der Waals surface area contributed by atoms with Gasteiger partial charge < -0.3 is 9.84 Å². The topological polar surface area (TPSA) is 29.5 Å². The maximum atomic E-state index is 9.92. The summed E-state index contributed by atoms with van der Waals surface area (Å²) in [5.74, 6) is 1.17. The molecular formula is C20H38O2. The molecule has 3 aliphatic carbocycles. The van der Waals surface area contributed by atoms with Crippen molar-refractivity contribution in [3.63, 3.8) is 0 Å². The van der Waals surface area contributed by atoms with Gasteiger partial charge in [-0.3, -0.25) is 0 Å². The largest absolute Gasteiger partial charge is 0.393 e. The molecule has 3 fully saturated rings. The van der Waals surface area contributed by atoms with Gasteiger partial charge in [-0.25, -0.2) is 0 Å². The third kappa shape index (κ3) is 6.20. The maximum absolute atomic E-state index is 9.92. The van der Waals surface area contributed by atoms with E-state index in [1.165, 1.54) is 77.0 Å². The van der Waals surface area contributed by atoms with Gasteiger partial charge in [0.1, 0.15) is 0 Å². The molecule has 2 nitrogen and oxygen atoms in total. The first-order chi connectivity index (χ1) is 10.8. The van der Waals surface area contributed by atoms with Gasteiger partial charge in [-0.15, -0.1) is 0 Å². The average Bonchev–Trinajstić information content (AvgIpc) is 2.53. The first-order valence-corrected chi connectivity index (χ1v) is 10.1. The molecule has 0 aromatic carbocycles. The number of aliphatic hydroxyl groups excluding tert-OH is 1. The fourth-order valence-electron chi connectivity index (χ4n) is 4.37. The Hall–Kier alpha value is -0.0800. The second-order valence-corrected chi connectivity index (χ2v) is 7.73. The smallest absolute Gasteiger partial charge is 0.0607 e. The fraction of sp³-hybridized carbons (Fsp3) is 1.00. The van der Waals surface area contributed by atoms with E-state index in [1.54, 1.807) is 0 Å². The Balaban J connectivity index is 1.38. The normalized spacial score (nSPS) is 30.8. The van der Waals surface area contributed by atoms with Gasteiger partial charge >= 0.3 is 0 Å². The summed E-state index contributed by atoms with van der Waals surface area (Å²) >= 11 is 0. The van der Waals surface area contributed by atoms with Crippen molar-refractivity contribution in [2.24, 2.45) is 11.8 Å². The molecule has 22 heavy (non-hydrogen) atoms. The Bertz CT molecular complexity index is 279. The van der Waals surface area contributed by atoms with Crippen LogP contribution in [0.25, 0.3) is 0 Å². The van der Waals surface area contributed by atoms with Crippen LogP contribution in [0.5, 0.6) is 0 Å². The fourth-order valence-corrected chi connectivity index (χ4v) is 4.37. The highest BCUT2D eigenvalue weighted by atomic mass is 16.5. The highest BCUT2D eigenvalue weighted by Gasteiger charge is 2.41. The molecule has 0 spiro atoms. The van der Waals surface area contributed by atoms with Gasteiger partial charge in [0.2, 0.25) is 0 Å². The van der Waals surface area contributed by atoms with Crippen molar-refractivity contribution in [2.45, 2.75) is 109 Å². The Morgan fingerprint density at radius 1 is 0.773 bits per heavy atom. The maximum Gasteiger partial charge on any atom is 0.0607 e. The summed E-state index contributed by atoms with van der Waals surface area (Å²) in [6.07, 6.45) is 18.9. The quantitative estimate of drug-likeness (QED) is 0.484. The number of hydrogen-bond acceptors (Lipinski definition) is 2. The van der Waals surface area contributed by atoms with Gasteiger partial charge in [0.25, 0.3) is 0 Å². The molecule has 0 amide bonds. The molecule has 0 heterocycles. The van der Waals surface area contributed by atoms with E-state index in [1.807, 2.05) is 0 Å². The highest BCUT2D eigenvalue weighted by molar-refractivity contribution is 4.92. The van der Waals surface area contributed by atoms with Crippen molar-refractivity contribution in [2.75, 3.05) is 6.61 Å². The lowest BCUT2D eigenvalue weighted by Gasteiger charge is -2.45. The predicted molar refractivity (Wildman–Crippen MR) is 93.0 cm³/mol. The minimum atomic E-state index is -0.0315. The van der Waals surface area contributed by atoms with Crippen LogP contribution in [-0.2, 0) is 4.74 Å². The van der Waals surface area contributed by atoms with Gasteiger partial charge in [0, 0.05) is 6.61 Å². The predicted octanol–water partition coefficient (Wildman–Crippen LogP) is 5.47. The summed E-state index contributed by atoms with van der Waals surface area (Å²) in [5, 5.41) is 9.92. The number of fused-ring (bicyclic) bond motifs is 3. The Kier molecular flexibility index (Phi) is 8.84. The lowest BCUT2D eigenvalue weighted by Crippen LogP contribution is -2.44. The van der Waals surface area contributed by atoms with Crippen LogP contribution >= 0.6 is 0 Å². The molecule has 4 atom stereocenters. The minimum absolute atomic E-state index is 0.0315. The Labute approximate surface area is 138 Å². The van der Waals surface area contributed by atoms with Gasteiger partial charge in [-0.1, -0.05) is 64.7 Å². The van der Waals surface area contributed by atoms with Crippen LogP contribution in [0, 0.1) is 11.8 Å². The molecule has 0 aliphatic heterocycles. The molecule has 2 bridgehead atoms. The summed E-state index contributed by atoms with van der Waals surface area (Å²) in [4.78, 5) is 0. The zero-order chi connectivity index (χ0) is 15.6. The first kappa shape index (κ1) is 18.3. The minimum Gasteiger partial charge on any atom is -0.393 e. The molecule has 0 radical (unpaired) electrons. The van der Waals surface area contributed by atoms with E-state index in [0.717, 1.165) is 19.4 Å². The van der Waals surface area contributed by atoms with Crippen LogP contribution in [0.3, 0.4) is 0 Å². The van der Waals surface area contributed by atoms with E-state index in [2.05, 4.69) is 6.92 Å². The van der Waals surface area contributed by atoms with Crippen LogP contribution in [0.15, 0.2) is 0 Å². The molecule has 3 rings (SSSR count). The SMILES string of the molecule is CCCCCCCCCCCCOC1CC2CCC1CC2O. The van der Waals surface area contributed by atoms with Gasteiger partial charge in [0.15, 0.2) is 0 Å². The molecule has 130 valence electrons. The molecule has 0 saturated heterocycles. The van der Waals surface area contributed by atoms with Crippen molar-refractivity contribution in [1.82, 2.24) is 0 Å². The van der Waals surface area contributed by atoms with Crippen molar-refractivity contribution in [1.29, 1.82) is 0 Å². The van der Waals surface area contributed by atoms with Crippen LogP contribution in [0.1, 0.15) is 96.8 Å². The van der Waals surface area contributed by atoms with E-state index >= 15 is 0 Å². The lowest BCUT2D eigenvalue weighted by atomic mass is 9.67. The molecule has 3 aliphatic rings. The van der Waals surface area contributed by atoms with Gasteiger partial charge in [0.05, 0.1) is 12.2 Å². The summed E-state index contributed by atoms with van der Waals surface area (Å²) < 4.78 is 6.13. The second-order valence-electron chi connectivity index (χ2n) is 7.73. The summed E-state index contributed by atoms with van der Waals surface area (Å²) in [7, 11) is 0. The standard InChI is InChI=1S/C20H38O2/c1-2-3-4-5-6-7-8-9-10-11-14-22-20-16-17-12-13-18(20)15-19(17)21/h17-21H,2-16H2,1H3. The van der Waals surface area contributed by atoms with E-state index in [9.17, 15) is 5.11 Å². The number of aliphatic hydroxyl groups is 1. The lowest BCUT2D eigenvalue weighted by molar-refractivity contribution is -0.102. The third-order valence-corrected chi connectivity index (χ3v) is 5.89. The van der Waals surface area contributed by atoms with Crippen LogP contribution in [0.4, 0.5) is 0 Å². The summed E-state index contributed by atoms with van der Waals surface area (Å²) in [5.41, 5.74) is 0. The van der Waals surface area contributed by atoms with Crippen LogP contribution in [-0.4, -0.2) is 23.9 Å². The molecule has 3 saturated carbocycles. The van der Waals surface area contributed by atoms with Crippen molar-refractivity contribution in [3.8, 4) is 0 Å². The van der Waals surface area contributed by atoms with Crippen molar-refractivity contribution >= 4 is 0 Å². The van der Waals surface area contributed by atoms with Gasteiger partial charge in [-0.05, 0) is 43.9 Å². The van der Waals surface area contributed by atoms with Gasteiger partial charge in [-0.2, -0.15) is 0 Å². The molecule has 0 aromatic heterocycles. The number of hydrogen-bond donors (Lipinski definition) is 1. The number of ether oxygens (including phenoxy) is 1. The monoisotopic (exact) mass is 310 g/mol. The highest BCUT2D eigenvalue weighted by Crippen LogP contribution is 2.42. The zero-order valence-corrected chi connectivity index (χ0v) is 14.8. The Morgan fingerprint density at radius 3 is 1.91 bits per heavy atom. The van der Waals surface area contributed by atoms with E-state index in [4.69, 9.17) is 4.74 Å².